The van der Waals surface area contributed by atoms with E-state index in [4.69, 9.17) is 9.47 Å². The van der Waals surface area contributed by atoms with Crippen LogP contribution in [0.3, 0.4) is 0 Å². The molecule has 0 saturated carbocycles. The summed E-state index contributed by atoms with van der Waals surface area (Å²) in [5, 5.41) is 3.07. The topological polar surface area (TPSA) is 54.0 Å². The van der Waals surface area contributed by atoms with Crippen molar-refractivity contribution in [3.63, 3.8) is 0 Å². The number of carbonyl (C=O) groups excluding carboxylic acids is 1. The Bertz CT molecular complexity index is 840. The number of carbonyl (C=O) groups is 1. The van der Waals surface area contributed by atoms with Gasteiger partial charge in [-0.1, -0.05) is 40.2 Å². The van der Waals surface area contributed by atoms with Crippen LogP contribution >= 0.6 is 15.9 Å². The monoisotopic (exact) mass is 475 g/mol. The Balaban J connectivity index is 1.51. The molecule has 0 atom stereocenters. The van der Waals surface area contributed by atoms with Crippen molar-refractivity contribution < 1.29 is 14.3 Å². The summed E-state index contributed by atoms with van der Waals surface area (Å²) in [5.74, 6) is 0.829. The van der Waals surface area contributed by atoms with Gasteiger partial charge in [-0.2, -0.15) is 0 Å². The number of halogens is 1. The van der Waals surface area contributed by atoms with Crippen LogP contribution in [0.5, 0.6) is 5.75 Å². The van der Waals surface area contributed by atoms with Gasteiger partial charge in [0.05, 0.1) is 26.9 Å². The molecule has 162 valence electrons. The maximum atomic E-state index is 12.5. The first-order valence-corrected chi connectivity index (χ1v) is 11.0. The third-order valence-corrected chi connectivity index (χ3v) is 5.68. The van der Waals surface area contributed by atoms with E-state index < -0.39 is 0 Å². The molecule has 3 rings (SSSR count). The molecule has 7 heteroatoms. The van der Waals surface area contributed by atoms with E-state index in [1.54, 1.807) is 7.11 Å². The third-order valence-electron chi connectivity index (χ3n) is 5.19. The molecule has 1 saturated heterocycles. The molecule has 1 fully saturated rings. The van der Waals surface area contributed by atoms with Crippen molar-refractivity contribution in [2.24, 2.45) is 0 Å². The maximum Gasteiger partial charge on any atom is 0.234 e. The lowest BCUT2D eigenvalue weighted by atomic mass is 10.1. The van der Waals surface area contributed by atoms with Crippen LogP contribution in [0.4, 0.5) is 0 Å². The molecular formula is C23H30BrN3O3. The molecular weight excluding hydrogens is 446 g/mol. The summed E-state index contributed by atoms with van der Waals surface area (Å²) >= 11 is 3.50. The number of hydrogen-bond acceptors (Lipinski definition) is 5. The summed E-state index contributed by atoms with van der Waals surface area (Å²) in [6, 6.07) is 14.2. The molecule has 0 unspecified atom stereocenters. The van der Waals surface area contributed by atoms with E-state index in [9.17, 15) is 4.79 Å². The Morgan fingerprint density at radius 1 is 1.17 bits per heavy atom. The van der Waals surface area contributed by atoms with Gasteiger partial charge >= 0.3 is 0 Å². The van der Waals surface area contributed by atoms with Gasteiger partial charge in [0, 0.05) is 42.8 Å². The van der Waals surface area contributed by atoms with Crippen LogP contribution in [0.25, 0.3) is 0 Å². The molecule has 0 aliphatic carbocycles. The fourth-order valence-corrected chi connectivity index (χ4v) is 4.01. The zero-order valence-corrected chi connectivity index (χ0v) is 19.3. The zero-order valence-electron chi connectivity index (χ0n) is 17.7. The molecule has 6 nitrogen and oxygen atoms in total. The molecule has 0 bridgehead atoms. The number of ether oxygens (including phenoxy) is 2. The van der Waals surface area contributed by atoms with Gasteiger partial charge in [0.15, 0.2) is 0 Å². The van der Waals surface area contributed by atoms with Crippen molar-refractivity contribution in [1.82, 2.24) is 15.1 Å². The Hall–Kier alpha value is -1.93. The standard InChI is InChI=1S/C23H30BrN3O3/c1-26(15-20-13-21(24)7-8-22(20)29-2)17-23(28)25-14-18-5-3-4-6-19(18)16-27-9-11-30-12-10-27/h3-8,13H,9-12,14-17H2,1-2H3,(H,25,28). The van der Waals surface area contributed by atoms with Gasteiger partial charge in [0.25, 0.3) is 0 Å². The van der Waals surface area contributed by atoms with Gasteiger partial charge in [0.1, 0.15) is 5.75 Å². The van der Waals surface area contributed by atoms with Crippen molar-refractivity contribution in [1.29, 1.82) is 0 Å². The maximum absolute atomic E-state index is 12.5. The van der Waals surface area contributed by atoms with E-state index in [2.05, 4.69) is 44.3 Å². The van der Waals surface area contributed by atoms with Crippen molar-refractivity contribution in [2.75, 3.05) is 47.0 Å². The minimum atomic E-state index is 0.00707. The number of likely N-dealkylation sites (N-methyl/N-ethyl adjacent to an activating group) is 1. The molecule has 1 N–H and O–H groups in total. The van der Waals surface area contributed by atoms with Crippen LogP contribution < -0.4 is 10.1 Å². The minimum Gasteiger partial charge on any atom is -0.496 e. The average Bonchev–Trinajstić information content (AvgIpc) is 2.74. The first-order valence-electron chi connectivity index (χ1n) is 10.2. The van der Waals surface area contributed by atoms with Crippen LogP contribution in [0.15, 0.2) is 46.9 Å². The Labute approximate surface area is 187 Å². The molecule has 0 aromatic heterocycles. The number of hydrogen-bond donors (Lipinski definition) is 1. The van der Waals surface area contributed by atoms with E-state index >= 15 is 0 Å². The number of nitrogens with zero attached hydrogens (tertiary/aromatic N) is 2. The molecule has 2 aromatic carbocycles. The van der Waals surface area contributed by atoms with Crippen LogP contribution in [0.1, 0.15) is 16.7 Å². The smallest absolute Gasteiger partial charge is 0.234 e. The number of benzene rings is 2. The quantitative estimate of drug-likeness (QED) is 0.603. The van der Waals surface area contributed by atoms with Crippen molar-refractivity contribution >= 4 is 21.8 Å². The summed E-state index contributed by atoms with van der Waals surface area (Å²) in [7, 11) is 3.60. The highest BCUT2D eigenvalue weighted by Crippen LogP contribution is 2.24. The second kappa shape index (κ2) is 11.5. The van der Waals surface area contributed by atoms with Crippen LogP contribution in [-0.4, -0.2) is 62.7 Å². The molecule has 1 aliphatic heterocycles. The lowest BCUT2D eigenvalue weighted by Crippen LogP contribution is -2.36. The Kier molecular flexibility index (Phi) is 8.69. The van der Waals surface area contributed by atoms with Gasteiger partial charge in [-0.3, -0.25) is 14.6 Å². The van der Waals surface area contributed by atoms with Crippen LogP contribution in [0.2, 0.25) is 0 Å². The van der Waals surface area contributed by atoms with Gasteiger partial charge < -0.3 is 14.8 Å². The Morgan fingerprint density at radius 3 is 2.63 bits per heavy atom. The first kappa shape index (κ1) is 22.7. The number of methoxy groups -OCH3 is 1. The molecule has 0 radical (unpaired) electrons. The van der Waals surface area contributed by atoms with Gasteiger partial charge in [0.2, 0.25) is 5.91 Å². The van der Waals surface area contributed by atoms with Gasteiger partial charge in [-0.15, -0.1) is 0 Å². The third kappa shape index (κ3) is 6.80. The molecule has 2 aromatic rings. The van der Waals surface area contributed by atoms with E-state index in [1.807, 2.05) is 36.2 Å². The summed E-state index contributed by atoms with van der Waals surface area (Å²) in [6.45, 7) is 5.84. The van der Waals surface area contributed by atoms with Gasteiger partial charge in [-0.25, -0.2) is 0 Å². The first-order chi connectivity index (χ1) is 14.5. The van der Waals surface area contributed by atoms with E-state index in [1.165, 1.54) is 5.56 Å². The molecule has 1 heterocycles. The predicted octanol–water partition coefficient (Wildman–Crippen LogP) is 3.04. The van der Waals surface area contributed by atoms with Crippen molar-refractivity contribution in [2.45, 2.75) is 19.6 Å². The highest BCUT2D eigenvalue weighted by atomic mass is 79.9. The fraction of sp³-hybridized carbons (Fsp3) is 0.435. The molecule has 1 aliphatic rings. The summed E-state index contributed by atoms with van der Waals surface area (Å²) in [5.41, 5.74) is 3.46. The zero-order chi connectivity index (χ0) is 21.3. The largest absolute Gasteiger partial charge is 0.496 e. The molecule has 30 heavy (non-hydrogen) atoms. The number of amides is 1. The summed E-state index contributed by atoms with van der Waals surface area (Å²) < 4.78 is 11.9. The number of morpholine rings is 1. The van der Waals surface area contributed by atoms with Crippen molar-refractivity contribution in [3.05, 3.63) is 63.6 Å². The summed E-state index contributed by atoms with van der Waals surface area (Å²) in [4.78, 5) is 16.9. The second-order valence-corrected chi connectivity index (χ2v) is 8.48. The van der Waals surface area contributed by atoms with E-state index in [-0.39, 0.29) is 5.91 Å². The van der Waals surface area contributed by atoms with E-state index in [0.29, 0.717) is 19.6 Å². The summed E-state index contributed by atoms with van der Waals surface area (Å²) in [6.07, 6.45) is 0. The lowest BCUT2D eigenvalue weighted by Gasteiger charge is -2.27. The second-order valence-electron chi connectivity index (χ2n) is 7.56. The van der Waals surface area contributed by atoms with Gasteiger partial charge in [-0.05, 0) is 36.4 Å². The molecule has 1 amide bonds. The number of nitrogens with one attached hydrogen (secondary N) is 1. The highest BCUT2D eigenvalue weighted by molar-refractivity contribution is 9.10. The normalized spacial score (nSPS) is 14.7. The highest BCUT2D eigenvalue weighted by Gasteiger charge is 2.14. The van der Waals surface area contributed by atoms with Crippen LogP contribution in [-0.2, 0) is 29.2 Å². The van der Waals surface area contributed by atoms with E-state index in [0.717, 1.165) is 54.2 Å². The number of rotatable bonds is 9. The van der Waals surface area contributed by atoms with Crippen molar-refractivity contribution in [3.8, 4) is 5.75 Å². The predicted molar refractivity (Wildman–Crippen MR) is 121 cm³/mol. The SMILES string of the molecule is COc1ccc(Br)cc1CN(C)CC(=O)NCc1ccccc1CN1CCOCC1. The minimum absolute atomic E-state index is 0.00707. The fourth-order valence-electron chi connectivity index (χ4n) is 3.60. The van der Waals surface area contributed by atoms with Crippen LogP contribution in [0, 0.1) is 0 Å². The Morgan fingerprint density at radius 2 is 1.90 bits per heavy atom. The lowest BCUT2D eigenvalue weighted by molar-refractivity contribution is -0.122. The molecule has 0 spiro atoms. The average molecular weight is 476 g/mol.